The van der Waals surface area contributed by atoms with Gasteiger partial charge in [0.2, 0.25) is 5.91 Å². The normalized spacial score (nSPS) is 19.8. The molecule has 0 aliphatic carbocycles. The van der Waals surface area contributed by atoms with Crippen molar-refractivity contribution in [2.24, 2.45) is 5.92 Å². The quantitative estimate of drug-likeness (QED) is 0.659. The smallest absolute Gasteiger partial charge is 0.237 e. The molecule has 2 saturated heterocycles. The molecule has 2 fully saturated rings. The molecule has 0 aromatic heterocycles. The summed E-state index contributed by atoms with van der Waals surface area (Å²) in [4.78, 5) is 17.8. The number of methoxy groups -OCH3 is 1. The fourth-order valence-electron chi connectivity index (χ4n) is 5.29. The van der Waals surface area contributed by atoms with Crippen LogP contribution in [-0.2, 0) is 17.8 Å². The molecule has 4 rings (SSSR count). The largest absolute Gasteiger partial charge is 0.496 e. The van der Waals surface area contributed by atoms with Gasteiger partial charge in [0.15, 0.2) is 0 Å². The Kier molecular flexibility index (Phi) is 8.40. The molecular weight excluding hydrogens is 410 g/mol. The maximum absolute atomic E-state index is 13.0. The average molecular weight is 450 g/mol. The van der Waals surface area contributed by atoms with Gasteiger partial charge in [0, 0.05) is 25.7 Å². The van der Waals surface area contributed by atoms with Crippen molar-refractivity contribution in [2.45, 2.75) is 57.7 Å². The van der Waals surface area contributed by atoms with Crippen LogP contribution in [0.3, 0.4) is 0 Å². The maximum atomic E-state index is 13.0. The summed E-state index contributed by atoms with van der Waals surface area (Å²) in [7, 11) is 1.74. The van der Waals surface area contributed by atoms with E-state index >= 15 is 0 Å². The van der Waals surface area contributed by atoms with E-state index in [1.807, 2.05) is 12.1 Å². The van der Waals surface area contributed by atoms with E-state index in [-0.39, 0.29) is 11.9 Å². The highest BCUT2D eigenvalue weighted by Gasteiger charge is 2.29. The first-order valence-electron chi connectivity index (χ1n) is 12.5. The number of amides is 1. The molecule has 2 aromatic rings. The lowest BCUT2D eigenvalue weighted by Gasteiger charge is -2.37. The topological polar surface area (TPSA) is 44.8 Å². The highest BCUT2D eigenvalue weighted by molar-refractivity contribution is 5.81. The van der Waals surface area contributed by atoms with Gasteiger partial charge in [-0.05, 0) is 75.2 Å². The first-order chi connectivity index (χ1) is 16.1. The predicted octanol–water partition coefficient (Wildman–Crippen LogP) is 4.12. The van der Waals surface area contributed by atoms with E-state index < -0.39 is 0 Å². The van der Waals surface area contributed by atoms with Crippen LogP contribution in [0.15, 0.2) is 54.6 Å². The summed E-state index contributed by atoms with van der Waals surface area (Å²) in [6.45, 7) is 7.14. The zero-order valence-corrected chi connectivity index (χ0v) is 20.2. The molecule has 178 valence electrons. The number of ether oxygens (including phenoxy) is 1. The molecule has 5 nitrogen and oxygen atoms in total. The molecular formula is C28H39N3O2. The Balaban J connectivity index is 1.18. The zero-order chi connectivity index (χ0) is 23.0. The van der Waals surface area contributed by atoms with Crippen molar-refractivity contribution in [1.29, 1.82) is 0 Å². The molecule has 0 radical (unpaired) electrons. The number of nitrogens with zero attached hydrogens (tertiary/aromatic N) is 2. The third-order valence-corrected chi connectivity index (χ3v) is 7.46. The molecule has 33 heavy (non-hydrogen) atoms. The number of para-hydroxylation sites is 1. The monoisotopic (exact) mass is 449 g/mol. The number of hydrogen-bond donors (Lipinski definition) is 1. The molecule has 2 aliphatic rings. The molecule has 1 unspecified atom stereocenters. The van der Waals surface area contributed by atoms with Crippen LogP contribution in [-0.4, -0.2) is 61.1 Å². The fraction of sp³-hybridized carbons (Fsp3) is 0.536. The highest BCUT2D eigenvalue weighted by Crippen LogP contribution is 2.27. The average Bonchev–Trinajstić information content (AvgIpc) is 2.86. The second-order valence-corrected chi connectivity index (χ2v) is 9.72. The minimum atomic E-state index is -0.0560. The number of piperidine rings is 2. The minimum Gasteiger partial charge on any atom is -0.496 e. The summed E-state index contributed by atoms with van der Waals surface area (Å²) < 4.78 is 5.52. The Bertz CT molecular complexity index is 872. The second-order valence-electron chi connectivity index (χ2n) is 9.72. The summed E-state index contributed by atoms with van der Waals surface area (Å²) in [5.74, 6) is 1.84. The Morgan fingerprint density at radius 2 is 1.64 bits per heavy atom. The van der Waals surface area contributed by atoms with Crippen LogP contribution >= 0.6 is 0 Å². The SMILES string of the molecule is COc1ccccc1CC1CCN(C(C)C(=O)NC2CCN(Cc3ccccc3)CC2)CC1. The summed E-state index contributed by atoms with van der Waals surface area (Å²) in [5.41, 5.74) is 2.66. The molecule has 2 aliphatic heterocycles. The number of carbonyl (C=O) groups excluding carboxylic acids is 1. The predicted molar refractivity (Wildman–Crippen MR) is 133 cm³/mol. The summed E-state index contributed by atoms with van der Waals surface area (Å²) in [6, 6.07) is 19.2. The van der Waals surface area contributed by atoms with E-state index in [1.165, 1.54) is 11.1 Å². The van der Waals surface area contributed by atoms with Crippen molar-refractivity contribution in [3.05, 3.63) is 65.7 Å². The molecule has 1 atom stereocenters. The Labute approximate surface area is 199 Å². The summed E-state index contributed by atoms with van der Waals surface area (Å²) in [6.07, 6.45) is 5.39. The minimum absolute atomic E-state index is 0.0560. The lowest BCUT2D eigenvalue weighted by molar-refractivity contribution is -0.127. The van der Waals surface area contributed by atoms with Gasteiger partial charge in [0.05, 0.1) is 13.2 Å². The van der Waals surface area contributed by atoms with Crippen molar-refractivity contribution in [1.82, 2.24) is 15.1 Å². The first-order valence-corrected chi connectivity index (χ1v) is 12.5. The van der Waals surface area contributed by atoms with Gasteiger partial charge in [-0.1, -0.05) is 48.5 Å². The molecule has 0 saturated carbocycles. The Morgan fingerprint density at radius 1 is 0.970 bits per heavy atom. The van der Waals surface area contributed by atoms with Gasteiger partial charge < -0.3 is 10.1 Å². The number of carbonyl (C=O) groups is 1. The Morgan fingerprint density at radius 3 is 2.33 bits per heavy atom. The van der Waals surface area contributed by atoms with E-state index in [2.05, 4.69) is 64.5 Å². The Hall–Kier alpha value is -2.37. The van der Waals surface area contributed by atoms with E-state index in [9.17, 15) is 4.79 Å². The number of hydrogen-bond acceptors (Lipinski definition) is 4. The van der Waals surface area contributed by atoms with Crippen molar-refractivity contribution < 1.29 is 9.53 Å². The fourth-order valence-corrected chi connectivity index (χ4v) is 5.29. The third-order valence-electron chi connectivity index (χ3n) is 7.46. The van der Waals surface area contributed by atoms with E-state index in [1.54, 1.807) is 7.11 Å². The van der Waals surface area contributed by atoms with E-state index in [0.717, 1.165) is 70.6 Å². The van der Waals surface area contributed by atoms with E-state index in [0.29, 0.717) is 12.0 Å². The maximum Gasteiger partial charge on any atom is 0.237 e. The van der Waals surface area contributed by atoms with Crippen molar-refractivity contribution in [3.63, 3.8) is 0 Å². The number of nitrogens with one attached hydrogen (secondary N) is 1. The van der Waals surface area contributed by atoms with Crippen LogP contribution in [0.2, 0.25) is 0 Å². The molecule has 0 spiro atoms. The third kappa shape index (κ3) is 6.58. The first kappa shape index (κ1) is 23.8. The molecule has 0 bridgehead atoms. The molecule has 2 heterocycles. The van der Waals surface area contributed by atoms with E-state index in [4.69, 9.17) is 4.74 Å². The molecule has 1 amide bonds. The summed E-state index contributed by atoms with van der Waals surface area (Å²) in [5, 5.41) is 3.34. The van der Waals surface area contributed by atoms with Gasteiger partial charge in [-0.25, -0.2) is 0 Å². The van der Waals surface area contributed by atoms with Crippen LogP contribution in [0, 0.1) is 5.92 Å². The molecule has 1 N–H and O–H groups in total. The highest BCUT2D eigenvalue weighted by atomic mass is 16.5. The van der Waals surface area contributed by atoms with Crippen molar-refractivity contribution in [3.8, 4) is 5.75 Å². The van der Waals surface area contributed by atoms with Crippen LogP contribution in [0.1, 0.15) is 43.7 Å². The van der Waals surface area contributed by atoms with Crippen molar-refractivity contribution >= 4 is 5.91 Å². The van der Waals surface area contributed by atoms with Gasteiger partial charge in [0.1, 0.15) is 5.75 Å². The van der Waals surface area contributed by atoms with Crippen molar-refractivity contribution in [2.75, 3.05) is 33.3 Å². The second kappa shape index (κ2) is 11.7. The van der Waals surface area contributed by atoms with Crippen LogP contribution in [0.4, 0.5) is 0 Å². The molecule has 5 heteroatoms. The summed E-state index contributed by atoms with van der Waals surface area (Å²) >= 11 is 0. The van der Waals surface area contributed by atoms with Crippen LogP contribution in [0.5, 0.6) is 5.75 Å². The standard InChI is InChI=1S/C28H39N3O2/c1-22(31-18-12-23(13-19-31)20-25-10-6-7-11-27(25)33-2)28(32)29-26-14-16-30(17-15-26)21-24-8-4-3-5-9-24/h3-11,22-23,26H,12-21H2,1-2H3,(H,29,32). The zero-order valence-electron chi connectivity index (χ0n) is 20.2. The molecule has 2 aromatic carbocycles. The number of rotatable bonds is 8. The van der Waals surface area contributed by atoms with Gasteiger partial charge in [0.25, 0.3) is 0 Å². The van der Waals surface area contributed by atoms with Gasteiger partial charge in [-0.15, -0.1) is 0 Å². The van der Waals surface area contributed by atoms with Crippen LogP contribution < -0.4 is 10.1 Å². The van der Waals surface area contributed by atoms with Gasteiger partial charge in [-0.2, -0.15) is 0 Å². The lowest BCUT2D eigenvalue weighted by Crippen LogP contribution is -2.52. The lowest BCUT2D eigenvalue weighted by atomic mass is 9.89. The van der Waals surface area contributed by atoms with Gasteiger partial charge in [-0.3, -0.25) is 14.6 Å². The number of benzene rings is 2. The number of likely N-dealkylation sites (tertiary alicyclic amines) is 2. The van der Waals surface area contributed by atoms with Crippen LogP contribution in [0.25, 0.3) is 0 Å². The van der Waals surface area contributed by atoms with Gasteiger partial charge >= 0.3 is 0 Å².